The lowest BCUT2D eigenvalue weighted by molar-refractivity contribution is -0.286. The zero-order valence-corrected chi connectivity index (χ0v) is 33.0. The predicted molar refractivity (Wildman–Crippen MR) is 190 cm³/mol. The summed E-state index contributed by atoms with van der Waals surface area (Å²) in [6.45, 7) is 12.3. The molecule has 21 atom stereocenters. The van der Waals surface area contributed by atoms with Gasteiger partial charge in [0.05, 0.1) is 29.8 Å². The van der Waals surface area contributed by atoms with Gasteiger partial charge in [-0.1, -0.05) is 20.8 Å². The molecule has 16 nitrogen and oxygen atoms in total. The number of aromatic hydroxyl groups is 1. The number of phenolic OH excluding ortho intramolecular Hbond substituents is 1. The number of phenols is 1. The molecule has 310 valence electrons. The Labute approximate surface area is 328 Å². The molecule has 5 N–H and O–H groups in total. The minimum atomic E-state index is -2.15. The molecule has 8 fully saturated rings. The van der Waals surface area contributed by atoms with Crippen LogP contribution in [-0.2, 0) is 47.6 Å². The number of ether oxygens (including phenoxy) is 6. The summed E-state index contributed by atoms with van der Waals surface area (Å²) in [5.74, 6) is -11.0. The Morgan fingerprint density at radius 3 is 2.05 bits per heavy atom. The van der Waals surface area contributed by atoms with Crippen LogP contribution in [0.25, 0.3) is 0 Å². The maximum absolute atomic E-state index is 14.1. The zero-order chi connectivity index (χ0) is 41.3. The molecule has 9 rings (SSSR count). The predicted octanol–water partition coefficient (Wildman–Crippen LogP) is 0.988. The van der Waals surface area contributed by atoms with Gasteiger partial charge in [-0.3, -0.25) is 19.2 Å². The quantitative estimate of drug-likeness (QED) is 0.159. The average molecular weight is 798 g/mol. The van der Waals surface area contributed by atoms with E-state index >= 15 is 0 Å². The highest BCUT2D eigenvalue weighted by molar-refractivity contribution is 5.94. The number of carbonyl (C=O) groups is 5. The second kappa shape index (κ2) is 11.9. The Balaban J connectivity index is 1.28. The Morgan fingerprint density at radius 2 is 1.44 bits per heavy atom. The fourth-order valence-electron chi connectivity index (χ4n) is 14.2. The molecule has 5 aliphatic carbocycles. The van der Waals surface area contributed by atoms with Crippen molar-refractivity contribution in [1.82, 2.24) is 5.32 Å². The first kappa shape index (κ1) is 38.7. The van der Waals surface area contributed by atoms with Gasteiger partial charge in [0.15, 0.2) is 5.60 Å². The fraction of sp³-hybridized carbons (Fsp3) is 0.732. The highest BCUT2D eigenvalue weighted by Crippen LogP contribution is 2.80. The van der Waals surface area contributed by atoms with Gasteiger partial charge < -0.3 is 54.2 Å². The number of esters is 4. The number of benzene rings is 1. The van der Waals surface area contributed by atoms with Gasteiger partial charge in [0, 0.05) is 54.9 Å². The van der Waals surface area contributed by atoms with Crippen LogP contribution in [0.4, 0.5) is 0 Å². The third-order valence-corrected chi connectivity index (χ3v) is 16.4. The van der Waals surface area contributed by atoms with Crippen molar-refractivity contribution in [3.8, 4) is 5.75 Å². The molecule has 0 aromatic heterocycles. The SMILES string of the molecule is CC(=O)O[C@H]1[C@H]2[C@@H]([C@@H](O)[C@@H](NC(=O)c3ccc(O)cc3)[C@H]3C[C@@H]4O[C@@H]4[C@H](OC(C)=O)[C@]23C)[C@@H]2[C@@H](O)[C@@H]3[C@H]([C@H](C)[C@H]4O[C@]45OC(=O)[C@@](C)(O)[C@]35C)[C@@]2(C)[C@H]1OC(C)=O. The minimum Gasteiger partial charge on any atom is -0.508 e. The topological polar surface area (TPSA) is 240 Å². The zero-order valence-electron chi connectivity index (χ0n) is 33.0. The first-order chi connectivity index (χ1) is 26.6. The molecule has 8 aliphatic rings. The van der Waals surface area contributed by atoms with Crippen LogP contribution in [0, 0.1) is 57.7 Å². The Kier molecular flexibility index (Phi) is 8.07. The van der Waals surface area contributed by atoms with Crippen molar-refractivity contribution in [3.63, 3.8) is 0 Å². The van der Waals surface area contributed by atoms with Gasteiger partial charge in [-0.15, -0.1) is 0 Å². The summed E-state index contributed by atoms with van der Waals surface area (Å²) in [4.78, 5) is 67.1. The highest BCUT2D eigenvalue weighted by atomic mass is 16.8. The van der Waals surface area contributed by atoms with Crippen molar-refractivity contribution in [2.45, 2.75) is 128 Å². The van der Waals surface area contributed by atoms with Crippen LogP contribution in [0.15, 0.2) is 24.3 Å². The van der Waals surface area contributed by atoms with Gasteiger partial charge in [-0.2, -0.15) is 0 Å². The number of epoxide rings is 2. The molecule has 1 spiro atoms. The average Bonchev–Trinajstić information content (AvgIpc) is 4.03. The van der Waals surface area contributed by atoms with Crippen molar-refractivity contribution in [2.75, 3.05) is 0 Å². The first-order valence-electron chi connectivity index (χ1n) is 19.9. The van der Waals surface area contributed by atoms with Crippen LogP contribution in [0.3, 0.4) is 0 Å². The van der Waals surface area contributed by atoms with E-state index in [0.29, 0.717) is 6.42 Å². The van der Waals surface area contributed by atoms with E-state index < -0.39 is 148 Å². The summed E-state index contributed by atoms with van der Waals surface area (Å²) >= 11 is 0. The summed E-state index contributed by atoms with van der Waals surface area (Å²) in [6, 6.07) is 4.55. The lowest BCUT2D eigenvalue weighted by atomic mass is 9.40. The summed E-state index contributed by atoms with van der Waals surface area (Å²) in [6.07, 6.45) is -7.80. The van der Waals surface area contributed by atoms with Gasteiger partial charge >= 0.3 is 23.9 Å². The normalized spacial score (nSPS) is 53.1. The first-order valence-corrected chi connectivity index (χ1v) is 19.9. The van der Waals surface area contributed by atoms with Gasteiger partial charge in [-0.25, -0.2) is 4.79 Å². The van der Waals surface area contributed by atoms with E-state index in [2.05, 4.69) is 5.32 Å². The molecule has 3 heterocycles. The second-order valence-electron chi connectivity index (χ2n) is 18.8. The van der Waals surface area contributed by atoms with Crippen LogP contribution in [0.2, 0.25) is 0 Å². The third-order valence-electron chi connectivity index (χ3n) is 16.4. The monoisotopic (exact) mass is 797 g/mol. The number of fused-ring (bicyclic) bond motifs is 9. The highest BCUT2D eigenvalue weighted by Gasteiger charge is 2.93. The Morgan fingerprint density at radius 1 is 0.825 bits per heavy atom. The van der Waals surface area contributed by atoms with Crippen molar-refractivity contribution < 1.29 is 72.8 Å². The number of aliphatic hydroxyl groups is 3. The molecule has 57 heavy (non-hydrogen) atoms. The Bertz CT molecular complexity index is 1950. The smallest absolute Gasteiger partial charge is 0.341 e. The van der Waals surface area contributed by atoms with Gasteiger partial charge in [0.25, 0.3) is 5.91 Å². The van der Waals surface area contributed by atoms with E-state index in [1.165, 1.54) is 52.0 Å². The standard InChI is InChI=1S/C41H51NO15/c1-14-23-26(39(7)40(8,51)36(50)57-41(39)32(14)56-41)29(48)24-22-25(31(52-15(2)43)34(38(23,24)6)54-17(4)45)37(5)20(13-21-30(55-21)33(37)53-16(3)44)27(28(22)47)42-35(49)18-9-11-19(46)12-10-18/h9-12,14,20-34,46-48,51H,13H2,1-8H3,(H,42,49)/t14-,20+,21-,22-,23-,24+,25+,26-,27-,28+,29+,30-,31-,32+,33-,34-,37-,38+,39-,40+,41-/m0/s1. The summed E-state index contributed by atoms with van der Waals surface area (Å²) in [7, 11) is 0. The van der Waals surface area contributed by atoms with Crippen LogP contribution in [-0.4, -0.2) is 116 Å². The summed E-state index contributed by atoms with van der Waals surface area (Å²) in [5.41, 5.74) is -6.12. The molecule has 1 aromatic rings. The van der Waals surface area contributed by atoms with E-state index in [0.717, 1.165) is 0 Å². The fourth-order valence-corrected chi connectivity index (χ4v) is 14.2. The number of nitrogens with one attached hydrogen (secondary N) is 1. The molecule has 16 heteroatoms. The van der Waals surface area contributed by atoms with E-state index in [9.17, 15) is 44.4 Å². The second-order valence-corrected chi connectivity index (χ2v) is 18.8. The van der Waals surface area contributed by atoms with Crippen LogP contribution in [0.5, 0.6) is 5.75 Å². The lowest BCUT2D eigenvalue weighted by Gasteiger charge is -2.67. The summed E-state index contributed by atoms with van der Waals surface area (Å²) < 4.78 is 37.0. The van der Waals surface area contributed by atoms with E-state index in [-0.39, 0.29) is 17.4 Å². The molecular formula is C41H51NO15. The van der Waals surface area contributed by atoms with Crippen LogP contribution < -0.4 is 5.32 Å². The Hall–Kier alpha value is -3.83. The number of hydrogen-bond donors (Lipinski definition) is 5. The van der Waals surface area contributed by atoms with Crippen molar-refractivity contribution in [2.24, 2.45) is 57.7 Å². The molecule has 0 bridgehead atoms. The van der Waals surface area contributed by atoms with Crippen LogP contribution >= 0.6 is 0 Å². The minimum absolute atomic E-state index is 0.0498. The molecule has 3 aliphatic heterocycles. The molecule has 5 saturated carbocycles. The van der Waals surface area contributed by atoms with Gasteiger partial charge in [-0.05, 0) is 68.2 Å². The number of carbonyl (C=O) groups excluding carboxylic acids is 5. The molecule has 0 unspecified atom stereocenters. The molecule has 1 aromatic carbocycles. The number of hydrogen-bond acceptors (Lipinski definition) is 15. The molecular weight excluding hydrogens is 746 g/mol. The third kappa shape index (κ3) is 4.64. The maximum atomic E-state index is 14.1. The number of amides is 1. The van der Waals surface area contributed by atoms with Gasteiger partial charge in [0.1, 0.15) is 36.3 Å². The molecule has 1 amide bonds. The van der Waals surface area contributed by atoms with Crippen molar-refractivity contribution in [3.05, 3.63) is 29.8 Å². The van der Waals surface area contributed by atoms with Gasteiger partial charge in [0.2, 0.25) is 5.79 Å². The van der Waals surface area contributed by atoms with Crippen LogP contribution in [0.1, 0.15) is 72.2 Å². The van der Waals surface area contributed by atoms with E-state index in [4.69, 9.17) is 28.4 Å². The van der Waals surface area contributed by atoms with E-state index in [1.54, 1.807) is 6.92 Å². The maximum Gasteiger partial charge on any atom is 0.341 e. The largest absolute Gasteiger partial charge is 0.508 e. The lowest BCUT2D eigenvalue weighted by Crippen LogP contribution is -2.77. The van der Waals surface area contributed by atoms with E-state index in [1.807, 2.05) is 20.8 Å². The molecule has 3 saturated heterocycles. The van der Waals surface area contributed by atoms with Crippen molar-refractivity contribution >= 4 is 29.8 Å². The molecule has 0 radical (unpaired) electrons. The number of rotatable bonds is 5. The van der Waals surface area contributed by atoms with Crippen molar-refractivity contribution in [1.29, 1.82) is 0 Å². The summed E-state index contributed by atoms with van der Waals surface area (Å²) in [5, 5.41) is 51.3. The number of aliphatic hydroxyl groups excluding tert-OH is 2.